The second kappa shape index (κ2) is 5.59. The summed E-state index contributed by atoms with van der Waals surface area (Å²) in [6, 6.07) is 10.2. The zero-order valence-electron chi connectivity index (χ0n) is 10.3. The van der Waals surface area contributed by atoms with E-state index in [9.17, 15) is 8.42 Å². The lowest BCUT2D eigenvalue weighted by Crippen LogP contribution is -2.15. The molecule has 0 spiro atoms. The van der Waals surface area contributed by atoms with E-state index in [1.165, 1.54) is 18.3 Å². The van der Waals surface area contributed by atoms with Crippen molar-refractivity contribution in [3.05, 3.63) is 53.3 Å². The van der Waals surface area contributed by atoms with Crippen LogP contribution < -0.4 is 4.72 Å². The van der Waals surface area contributed by atoms with Gasteiger partial charge < -0.3 is 0 Å². The summed E-state index contributed by atoms with van der Waals surface area (Å²) in [6.07, 6.45) is 2.18. The molecule has 4 nitrogen and oxygen atoms in total. The van der Waals surface area contributed by atoms with Gasteiger partial charge in [0.15, 0.2) is 0 Å². The molecule has 1 aromatic heterocycles. The van der Waals surface area contributed by atoms with Gasteiger partial charge in [-0.15, -0.1) is 0 Å². The highest BCUT2D eigenvalue weighted by molar-refractivity contribution is 7.92. The van der Waals surface area contributed by atoms with Crippen molar-refractivity contribution >= 4 is 27.3 Å². The van der Waals surface area contributed by atoms with Gasteiger partial charge in [0.05, 0.1) is 5.69 Å². The van der Waals surface area contributed by atoms with Crippen LogP contribution in [0.15, 0.2) is 47.5 Å². The number of aryl methyl sites for hydroxylation is 1. The minimum Gasteiger partial charge on any atom is -0.279 e. The molecule has 0 aliphatic carbocycles. The number of sulfonamides is 1. The van der Waals surface area contributed by atoms with E-state index in [-0.39, 0.29) is 10.0 Å². The highest BCUT2D eigenvalue weighted by atomic mass is 35.5. The molecular weight excluding hydrogens is 284 g/mol. The van der Waals surface area contributed by atoms with E-state index in [0.29, 0.717) is 5.69 Å². The number of aromatic nitrogens is 1. The Morgan fingerprint density at radius 2 is 1.95 bits per heavy atom. The van der Waals surface area contributed by atoms with Crippen molar-refractivity contribution < 1.29 is 8.42 Å². The van der Waals surface area contributed by atoms with Crippen molar-refractivity contribution in [2.24, 2.45) is 0 Å². The fourth-order valence-electron chi connectivity index (χ4n) is 1.70. The Bertz CT molecular complexity index is 687. The van der Waals surface area contributed by atoms with Crippen molar-refractivity contribution in [3.63, 3.8) is 0 Å². The molecule has 0 saturated carbocycles. The second-order valence-electron chi connectivity index (χ2n) is 3.91. The molecule has 0 atom stereocenters. The van der Waals surface area contributed by atoms with Crippen LogP contribution in [0, 0.1) is 0 Å². The van der Waals surface area contributed by atoms with Crippen LogP contribution in [0.1, 0.15) is 12.5 Å². The van der Waals surface area contributed by atoms with Crippen molar-refractivity contribution in [2.45, 2.75) is 18.2 Å². The standard InChI is InChI=1S/C13H13ClN2O2S/c1-2-10-6-3-4-7-11(10)16-19(17,18)12-8-5-9-15-13(12)14/h3-9,16H,2H2,1H3. The van der Waals surface area contributed by atoms with E-state index >= 15 is 0 Å². The second-order valence-corrected chi connectivity index (χ2v) is 5.92. The summed E-state index contributed by atoms with van der Waals surface area (Å²) in [5, 5.41) is -0.0380. The maximum absolute atomic E-state index is 12.3. The van der Waals surface area contributed by atoms with Gasteiger partial charge in [-0.25, -0.2) is 13.4 Å². The Morgan fingerprint density at radius 1 is 1.21 bits per heavy atom. The van der Waals surface area contributed by atoms with Crippen molar-refractivity contribution in [1.82, 2.24) is 4.98 Å². The Balaban J connectivity index is 2.40. The minimum absolute atomic E-state index is 0.0254. The number of para-hydroxylation sites is 1. The van der Waals surface area contributed by atoms with Gasteiger partial charge in [0.2, 0.25) is 0 Å². The normalized spacial score (nSPS) is 11.3. The number of nitrogens with zero attached hydrogens (tertiary/aromatic N) is 1. The predicted molar refractivity (Wildman–Crippen MR) is 75.9 cm³/mol. The molecule has 0 amide bonds. The van der Waals surface area contributed by atoms with Crippen LogP contribution in [0.2, 0.25) is 5.15 Å². The Kier molecular flexibility index (Phi) is 4.07. The zero-order chi connectivity index (χ0) is 13.9. The maximum atomic E-state index is 12.3. The fraction of sp³-hybridized carbons (Fsp3) is 0.154. The van der Waals surface area contributed by atoms with Gasteiger partial charge >= 0.3 is 0 Å². The smallest absolute Gasteiger partial charge is 0.264 e. The SMILES string of the molecule is CCc1ccccc1NS(=O)(=O)c1cccnc1Cl. The number of nitrogens with one attached hydrogen (secondary N) is 1. The van der Waals surface area contributed by atoms with Crippen molar-refractivity contribution in [3.8, 4) is 0 Å². The molecule has 2 aromatic rings. The van der Waals surface area contributed by atoms with Gasteiger partial charge in [0.1, 0.15) is 10.0 Å². The third-order valence-electron chi connectivity index (χ3n) is 2.66. The third-order valence-corrected chi connectivity index (χ3v) is 4.47. The van der Waals surface area contributed by atoms with Crippen LogP contribution >= 0.6 is 11.6 Å². The molecule has 6 heteroatoms. The van der Waals surface area contributed by atoms with Crippen molar-refractivity contribution in [1.29, 1.82) is 0 Å². The fourth-order valence-corrected chi connectivity index (χ4v) is 3.25. The highest BCUT2D eigenvalue weighted by Gasteiger charge is 2.19. The molecule has 2 rings (SSSR count). The first-order valence-electron chi connectivity index (χ1n) is 5.76. The lowest BCUT2D eigenvalue weighted by Gasteiger charge is -2.11. The Hall–Kier alpha value is -1.59. The molecule has 0 aliphatic rings. The van der Waals surface area contributed by atoms with Gasteiger partial charge in [-0.2, -0.15) is 0 Å². The van der Waals surface area contributed by atoms with E-state index in [2.05, 4.69) is 9.71 Å². The molecule has 1 heterocycles. The molecule has 0 unspecified atom stereocenters. The number of halogens is 1. The molecule has 100 valence electrons. The summed E-state index contributed by atoms with van der Waals surface area (Å²) >= 11 is 5.82. The van der Waals surface area contributed by atoms with Crippen LogP contribution in [0.25, 0.3) is 0 Å². The number of benzene rings is 1. The summed E-state index contributed by atoms with van der Waals surface area (Å²) in [4.78, 5) is 3.75. The molecule has 0 bridgehead atoms. The largest absolute Gasteiger partial charge is 0.279 e. The number of hydrogen-bond donors (Lipinski definition) is 1. The molecule has 1 aromatic carbocycles. The van der Waals surface area contributed by atoms with Crippen LogP contribution in [-0.2, 0) is 16.4 Å². The number of pyridine rings is 1. The first kappa shape index (κ1) is 13.8. The highest BCUT2D eigenvalue weighted by Crippen LogP contribution is 2.23. The van der Waals surface area contributed by atoms with Crippen LogP contribution in [0.3, 0.4) is 0 Å². The quantitative estimate of drug-likeness (QED) is 0.882. The van der Waals surface area contributed by atoms with Crippen LogP contribution in [0.5, 0.6) is 0 Å². The molecule has 0 aliphatic heterocycles. The first-order valence-corrected chi connectivity index (χ1v) is 7.62. The van der Waals surface area contributed by atoms with Gasteiger partial charge in [0, 0.05) is 6.20 Å². The average molecular weight is 297 g/mol. The Labute approximate surface area is 117 Å². The van der Waals surface area contributed by atoms with E-state index in [4.69, 9.17) is 11.6 Å². The van der Waals surface area contributed by atoms with Gasteiger partial charge in [-0.1, -0.05) is 36.7 Å². The topological polar surface area (TPSA) is 59.1 Å². The predicted octanol–water partition coefficient (Wildman–Crippen LogP) is 3.10. The Morgan fingerprint density at radius 3 is 2.63 bits per heavy atom. The zero-order valence-corrected chi connectivity index (χ0v) is 11.9. The van der Waals surface area contributed by atoms with Gasteiger partial charge in [0.25, 0.3) is 10.0 Å². The molecule has 1 N–H and O–H groups in total. The number of hydrogen-bond acceptors (Lipinski definition) is 3. The van der Waals surface area contributed by atoms with E-state index in [0.717, 1.165) is 12.0 Å². The van der Waals surface area contributed by atoms with Crippen LogP contribution in [-0.4, -0.2) is 13.4 Å². The van der Waals surface area contributed by atoms with Gasteiger partial charge in [-0.05, 0) is 30.2 Å². The molecule has 0 saturated heterocycles. The third kappa shape index (κ3) is 3.05. The average Bonchev–Trinajstić information content (AvgIpc) is 2.39. The molecule has 0 radical (unpaired) electrons. The summed E-state index contributed by atoms with van der Waals surface area (Å²) in [6.45, 7) is 1.96. The monoisotopic (exact) mass is 296 g/mol. The van der Waals surface area contributed by atoms with E-state index in [1.54, 1.807) is 12.1 Å². The lowest BCUT2D eigenvalue weighted by atomic mass is 10.1. The van der Waals surface area contributed by atoms with Gasteiger partial charge in [-0.3, -0.25) is 4.72 Å². The van der Waals surface area contributed by atoms with Crippen LogP contribution in [0.4, 0.5) is 5.69 Å². The number of rotatable bonds is 4. The summed E-state index contributed by atoms with van der Waals surface area (Å²) in [5.41, 5.74) is 1.48. The summed E-state index contributed by atoms with van der Waals surface area (Å²) < 4.78 is 27.1. The van der Waals surface area contributed by atoms with E-state index in [1.807, 2.05) is 19.1 Å². The minimum atomic E-state index is -3.72. The van der Waals surface area contributed by atoms with Crippen molar-refractivity contribution in [2.75, 3.05) is 4.72 Å². The summed E-state index contributed by atoms with van der Waals surface area (Å²) in [7, 11) is -3.72. The summed E-state index contributed by atoms with van der Waals surface area (Å²) in [5.74, 6) is 0. The lowest BCUT2D eigenvalue weighted by molar-refractivity contribution is 0.601. The first-order chi connectivity index (χ1) is 9.04. The van der Waals surface area contributed by atoms with E-state index < -0.39 is 10.0 Å². The molecule has 19 heavy (non-hydrogen) atoms. The molecular formula is C13H13ClN2O2S. The number of anilines is 1. The molecule has 0 fully saturated rings. The maximum Gasteiger partial charge on any atom is 0.264 e.